The molecule has 242 valence electrons. The normalized spacial score (nSPS) is 20.4. The van der Waals surface area contributed by atoms with Crippen LogP contribution in [0.25, 0.3) is 5.57 Å². The molecule has 0 aliphatic carbocycles. The molecule has 1 atom stereocenters. The van der Waals surface area contributed by atoms with Crippen molar-refractivity contribution in [2.75, 3.05) is 56.9 Å². The number of nitrogens with two attached hydrogens (primary N) is 2. The lowest BCUT2D eigenvalue weighted by Gasteiger charge is -2.29. The molecule has 3 aliphatic heterocycles. The molecule has 1 aromatic heterocycles. The number of amides is 2. The number of aromatic nitrogens is 1. The van der Waals surface area contributed by atoms with Gasteiger partial charge < -0.3 is 21.3 Å². The van der Waals surface area contributed by atoms with Gasteiger partial charge in [0.25, 0.3) is 0 Å². The maximum Gasteiger partial charge on any atom is 0.237 e. The molecular weight excluding hydrogens is 590 g/mol. The summed E-state index contributed by atoms with van der Waals surface area (Å²) in [6.07, 6.45) is 7.47. The van der Waals surface area contributed by atoms with Crippen LogP contribution in [0.5, 0.6) is 0 Å². The van der Waals surface area contributed by atoms with Crippen LogP contribution >= 0.6 is 0 Å². The molecule has 0 saturated carbocycles. The molecule has 2 aromatic carbocycles. The third-order valence-electron chi connectivity index (χ3n) is 9.53. The van der Waals surface area contributed by atoms with Gasteiger partial charge in [0.1, 0.15) is 12.2 Å². The lowest BCUT2D eigenvalue weighted by molar-refractivity contribution is -0.132. The summed E-state index contributed by atoms with van der Waals surface area (Å²) >= 11 is 0. The molecule has 6 rings (SSSR count). The quantitative estimate of drug-likeness (QED) is 0.196. The number of aryl methyl sites for hydroxylation is 1. The Kier molecular flexibility index (Phi) is 8.99. The Bertz CT molecular complexity index is 1800. The minimum Gasteiger partial charge on any atom is -0.398 e. The third-order valence-corrected chi connectivity index (χ3v) is 9.53. The van der Waals surface area contributed by atoms with Crippen molar-refractivity contribution in [3.63, 3.8) is 0 Å². The number of hydrogen-bond acceptors (Lipinski definition) is 7. The van der Waals surface area contributed by atoms with Crippen LogP contribution in [0.3, 0.4) is 0 Å². The molecule has 47 heavy (non-hydrogen) atoms. The van der Waals surface area contributed by atoms with E-state index >= 15 is 0 Å². The van der Waals surface area contributed by atoms with Gasteiger partial charge in [-0.1, -0.05) is 30.3 Å². The topological polar surface area (TPSA) is 157 Å². The van der Waals surface area contributed by atoms with Crippen molar-refractivity contribution in [1.82, 2.24) is 14.8 Å². The predicted molar refractivity (Wildman–Crippen MR) is 187 cm³/mol. The highest BCUT2D eigenvalue weighted by Crippen LogP contribution is 2.43. The van der Waals surface area contributed by atoms with E-state index in [0.29, 0.717) is 62.1 Å². The number of nitrogens with one attached hydrogen (secondary N) is 1. The first-order chi connectivity index (χ1) is 22.7. The van der Waals surface area contributed by atoms with Gasteiger partial charge in [-0.05, 0) is 74.2 Å². The van der Waals surface area contributed by atoms with Crippen molar-refractivity contribution in [3.8, 4) is 0 Å². The van der Waals surface area contributed by atoms with Crippen molar-refractivity contribution in [3.05, 3.63) is 94.8 Å². The van der Waals surface area contributed by atoms with Crippen molar-refractivity contribution in [1.29, 1.82) is 5.41 Å². The third kappa shape index (κ3) is 6.57. The summed E-state index contributed by atoms with van der Waals surface area (Å²) in [6, 6.07) is 17.1. The molecule has 4 heterocycles. The summed E-state index contributed by atoms with van der Waals surface area (Å²) in [7, 11) is 1.65. The summed E-state index contributed by atoms with van der Waals surface area (Å²) in [6.45, 7) is 5.29. The number of carbonyl (C=O) groups is 2. The largest absolute Gasteiger partial charge is 0.398 e. The van der Waals surface area contributed by atoms with Crippen LogP contribution in [0.15, 0.2) is 76.9 Å². The zero-order chi connectivity index (χ0) is 33.1. The minimum atomic E-state index is -0.504. The monoisotopic (exact) mass is 631 g/mol. The van der Waals surface area contributed by atoms with Gasteiger partial charge in [0.05, 0.1) is 17.7 Å². The Morgan fingerprint density at radius 3 is 2.57 bits per heavy atom. The molecule has 3 aromatic rings. The van der Waals surface area contributed by atoms with Gasteiger partial charge >= 0.3 is 0 Å². The Hall–Kier alpha value is -5.16. The van der Waals surface area contributed by atoms with Crippen LogP contribution in [-0.4, -0.2) is 90.8 Å². The standard InChI is InChI=1S/C36H41N9O2/c1-24-19-28(9-14-41-24)33(38)30-20-29(7-8-31(30)37)45-18-13-36(35(45)47)12-17-43(22-36)21-32(46)44-15-10-26(11-16-44)25-3-5-27(6-4-25)34(39)42-23-40-2/h3-10,14,19-20,23,38H,11-13,15-18,21-22,37H2,1-2H3,(H2,39,40,42). The van der Waals surface area contributed by atoms with Crippen LogP contribution in [0.1, 0.15) is 47.2 Å². The Labute approximate surface area is 275 Å². The summed E-state index contributed by atoms with van der Waals surface area (Å²) in [5.74, 6) is 0.585. The second-order valence-corrected chi connectivity index (χ2v) is 12.6. The molecule has 0 bridgehead atoms. The predicted octanol–water partition coefficient (Wildman–Crippen LogP) is 3.50. The number of hydrogen-bond donors (Lipinski definition) is 3. The molecule has 11 heteroatoms. The van der Waals surface area contributed by atoms with E-state index in [1.807, 2.05) is 59.2 Å². The van der Waals surface area contributed by atoms with Gasteiger partial charge in [-0.25, -0.2) is 4.99 Å². The van der Waals surface area contributed by atoms with E-state index in [2.05, 4.69) is 25.9 Å². The maximum atomic E-state index is 13.9. The molecule has 1 spiro atoms. The van der Waals surface area contributed by atoms with Gasteiger partial charge in [-0.2, -0.15) is 0 Å². The first-order valence-corrected chi connectivity index (χ1v) is 15.9. The van der Waals surface area contributed by atoms with Crippen molar-refractivity contribution in [2.45, 2.75) is 26.2 Å². The Morgan fingerprint density at radius 2 is 1.85 bits per heavy atom. The highest BCUT2D eigenvalue weighted by Gasteiger charge is 2.51. The van der Waals surface area contributed by atoms with Gasteiger partial charge in [0, 0.05) is 73.2 Å². The summed E-state index contributed by atoms with van der Waals surface area (Å²) < 4.78 is 0. The van der Waals surface area contributed by atoms with Crippen molar-refractivity contribution in [2.24, 2.45) is 21.1 Å². The Balaban J connectivity index is 1.06. The first-order valence-electron chi connectivity index (χ1n) is 15.9. The van der Waals surface area contributed by atoms with Crippen LogP contribution in [-0.2, 0) is 9.59 Å². The molecule has 3 aliphatic rings. The zero-order valence-electron chi connectivity index (χ0n) is 26.9. The van der Waals surface area contributed by atoms with E-state index in [1.54, 1.807) is 25.4 Å². The number of nitrogen functional groups attached to an aromatic ring is 1. The summed E-state index contributed by atoms with van der Waals surface area (Å²) in [5.41, 5.74) is 18.6. The fourth-order valence-electron chi connectivity index (χ4n) is 6.82. The van der Waals surface area contributed by atoms with Gasteiger partial charge in [-0.15, -0.1) is 0 Å². The number of nitrogens with zero attached hydrogens (tertiary/aromatic N) is 6. The van der Waals surface area contributed by atoms with Crippen LogP contribution in [0.4, 0.5) is 11.4 Å². The number of rotatable bonds is 8. The highest BCUT2D eigenvalue weighted by atomic mass is 16.2. The summed E-state index contributed by atoms with van der Waals surface area (Å²) in [5, 5.41) is 8.79. The first kappa shape index (κ1) is 31.8. The van der Waals surface area contributed by atoms with E-state index in [9.17, 15) is 9.59 Å². The SMILES string of the molecule is CN=CN=C(N)c1ccc(C2=CCN(C(=O)CN3CCC4(CCN(c5ccc(N)c(C(=N)c6ccnc(C)c6)c5)C4=O)C3)CC2)cc1. The number of pyridine rings is 1. The number of aliphatic imine (C=N–C) groups is 2. The maximum absolute atomic E-state index is 13.9. The second-order valence-electron chi connectivity index (χ2n) is 12.6. The lowest BCUT2D eigenvalue weighted by atomic mass is 9.85. The van der Waals surface area contributed by atoms with Crippen LogP contribution in [0.2, 0.25) is 0 Å². The summed E-state index contributed by atoms with van der Waals surface area (Å²) in [4.78, 5) is 45.3. The number of amidine groups is 1. The number of benzene rings is 2. The zero-order valence-corrected chi connectivity index (χ0v) is 26.9. The van der Waals surface area contributed by atoms with E-state index in [0.717, 1.165) is 47.3 Å². The van der Waals surface area contributed by atoms with Gasteiger partial charge in [0.15, 0.2) is 0 Å². The number of carbonyl (C=O) groups excluding carboxylic acids is 2. The molecule has 5 N–H and O–H groups in total. The molecular formula is C36H41N9O2. The molecule has 2 fully saturated rings. The fraction of sp³-hybridized carbons (Fsp3) is 0.333. The average Bonchev–Trinajstić information content (AvgIpc) is 3.65. The van der Waals surface area contributed by atoms with E-state index in [1.165, 1.54) is 11.9 Å². The minimum absolute atomic E-state index is 0.0811. The van der Waals surface area contributed by atoms with Crippen molar-refractivity contribution < 1.29 is 9.59 Å². The van der Waals surface area contributed by atoms with Crippen molar-refractivity contribution >= 4 is 46.6 Å². The molecule has 2 saturated heterocycles. The lowest BCUT2D eigenvalue weighted by Crippen LogP contribution is -2.43. The second kappa shape index (κ2) is 13.3. The van der Waals surface area contributed by atoms with E-state index in [4.69, 9.17) is 16.9 Å². The number of anilines is 2. The van der Waals surface area contributed by atoms with E-state index < -0.39 is 5.41 Å². The van der Waals surface area contributed by atoms with Gasteiger partial charge in [0.2, 0.25) is 11.8 Å². The van der Waals surface area contributed by atoms with E-state index in [-0.39, 0.29) is 11.8 Å². The van der Waals surface area contributed by atoms with Crippen LogP contribution < -0.4 is 16.4 Å². The number of likely N-dealkylation sites (tertiary alicyclic amines) is 1. The molecule has 2 amide bonds. The molecule has 0 radical (unpaired) electrons. The average molecular weight is 632 g/mol. The van der Waals surface area contributed by atoms with Gasteiger partial charge in [-0.3, -0.25) is 29.9 Å². The molecule has 11 nitrogen and oxygen atoms in total. The highest BCUT2D eigenvalue weighted by molar-refractivity contribution is 6.15. The smallest absolute Gasteiger partial charge is 0.237 e. The van der Waals surface area contributed by atoms with Crippen LogP contribution in [0, 0.1) is 17.7 Å². The fourth-order valence-corrected chi connectivity index (χ4v) is 6.82. The Morgan fingerprint density at radius 1 is 1.06 bits per heavy atom. The molecule has 1 unspecified atom stereocenters.